The fraction of sp³-hybridized carbons (Fsp3) is 0.800. The van der Waals surface area contributed by atoms with Gasteiger partial charge in [0.25, 0.3) is 0 Å². The molecule has 1 rings (SSSR count). The van der Waals surface area contributed by atoms with Crippen LogP contribution in [0.4, 0.5) is 0 Å². The summed E-state index contributed by atoms with van der Waals surface area (Å²) in [7, 11) is 0. The van der Waals surface area contributed by atoms with Crippen LogP contribution in [0.3, 0.4) is 0 Å². The molecule has 0 aromatic rings. The molecule has 0 aromatic carbocycles. The van der Waals surface area contributed by atoms with Crippen LogP contribution >= 0.6 is 15.9 Å². The minimum atomic E-state index is 0.000278. The predicted molar refractivity (Wildman–Crippen MR) is 58.1 cm³/mol. The first-order valence-electron chi connectivity index (χ1n) is 5.04. The van der Waals surface area contributed by atoms with Gasteiger partial charge in [0.2, 0.25) is 11.8 Å². The highest BCUT2D eigenvalue weighted by molar-refractivity contribution is 9.09. The number of hydrogen-bond acceptors (Lipinski definition) is 2. The van der Waals surface area contributed by atoms with E-state index >= 15 is 0 Å². The minimum absolute atomic E-state index is 0.000278. The number of hydrogen-bond donors (Lipinski definition) is 0. The molecule has 1 aliphatic heterocycles. The van der Waals surface area contributed by atoms with Gasteiger partial charge in [0.15, 0.2) is 0 Å². The van der Waals surface area contributed by atoms with E-state index in [1.54, 1.807) is 0 Å². The predicted octanol–water partition coefficient (Wildman–Crippen LogP) is 1.95. The Bertz CT molecular complexity index is 230. The van der Waals surface area contributed by atoms with Crippen LogP contribution in [0, 0.1) is 5.92 Å². The normalized spacial score (nSPS) is 21.7. The third-order valence-electron chi connectivity index (χ3n) is 2.39. The maximum absolute atomic E-state index is 11.6. The summed E-state index contributed by atoms with van der Waals surface area (Å²) in [6.45, 7) is 2.62. The number of rotatable bonds is 4. The Morgan fingerprint density at radius 3 is 2.79 bits per heavy atom. The summed E-state index contributed by atoms with van der Waals surface area (Å²) < 4.78 is 0. The first kappa shape index (κ1) is 11.7. The fourth-order valence-corrected chi connectivity index (χ4v) is 2.03. The van der Waals surface area contributed by atoms with Crippen molar-refractivity contribution >= 4 is 27.7 Å². The SMILES string of the molecule is CC1CC(=O)N(C(=O)CCCCBr)C1. The Labute approximate surface area is 93.0 Å². The molecule has 0 saturated carbocycles. The third-order valence-corrected chi connectivity index (χ3v) is 2.95. The smallest absolute Gasteiger partial charge is 0.229 e. The van der Waals surface area contributed by atoms with Crippen molar-refractivity contribution in [3.05, 3.63) is 0 Å². The molecule has 0 radical (unpaired) electrons. The molecule has 1 fully saturated rings. The second kappa shape index (κ2) is 5.49. The Balaban J connectivity index is 2.33. The van der Waals surface area contributed by atoms with Gasteiger partial charge in [-0.2, -0.15) is 0 Å². The third kappa shape index (κ3) is 3.08. The number of imide groups is 1. The fourth-order valence-electron chi connectivity index (χ4n) is 1.63. The van der Waals surface area contributed by atoms with E-state index in [2.05, 4.69) is 15.9 Å². The molecule has 4 heteroatoms. The minimum Gasteiger partial charge on any atom is -0.282 e. The molecule has 0 bridgehead atoms. The number of carbonyl (C=O) groups is 2. The molecule has 1 heterocycles. The monoisotopic (exact) mass is 261 g/mol. The van der Waals surface area contributed by atoms with Gasteiger partial charge in [-0.25, -0.2) is 0 Å². The number of amides is 2. The van der Waals surface area contributed by atoms with Gasteiger partial charge in [-0.15, -0.1) is 0 Å². The molecule has 1 saturated heterocycles. The van der Waals surface area contributed by atoms with E-state index in [1.807, 2.05) is 6.92 Å². The first-order valence-corrected chi connectivity index (χ1v) is 6.16. The van der Waals surface area contributed by atoms with E-state index in [0.717, 1.165) is 18.2 Å². The van der Waals surface area contributed by atoms with Gasteiger partial charge in [-0.05, 0) is 18.8 Å². The van der Waals surface area contributed by atoms with E-state index in [0.29, 0.717) is 25.3 Å². The van der Waals surface area contributed by atoms with Crippen molar-refractivity contribution in [3.63, 3.8) is 0 Å². The number of alkyl halides is 1. The van der Waals surface area contributed by atoms with E-state index in [1.165, 1.54) is 4.90 Å². The van der Waals surface area contributed by atoms with Crippen molar-refractivity contribution in [2.24, 2.45) is 5.92 Å². The molecule has 1 aliphatic rings. The Kier molecular flexibility index (Phi) is 4.58. The van der Waals surface area contributed by atoms with Crippen LogP contribution in [-0.2, 0) is 9.59 Å². The molecule has 0 aromatic heterocycles. The molecule has 14 heavy (non-hydrogen) atoms. The van der Waals surface area contributed by atoms with Crippen LogP contribution in [0.5, 0.6) is 0 Å². The summed E-state index contributed by atoms with van der Waals surface area (Å²) in [5, 5.41) is 0.921. The highest BCUT2D eigenvalue weighted by atomic mass is 79.9. The Morgan fingerprint density at radius 2 is 2.29 bits per heavy atom. The number of likely N-dealkylation sites (tertiary alicyclic amines) is 1. The molecule has 3 nitrogen and oxygen atoms in total. The van der Waals surface area contributed by atoms with Crippen LogP contribution in [0.1, 0.15) is 32.6 Å². The molecule has 0 aliphatic carbocycles. The maximum atomic E-state index is 11.6. The summed E-state index contributed by atoms with van der Waals surface area (Å²) in [6, 6.07) is 0. The molecule has 1 atom stereocenters. The van der Waals surface area contributed by atoms with Crippen molar-refractivity contribution in [1.29, 1.82) is 0 Å². The largest absolute Gasteiger partial charge is 0.282 e. The van der Waals surface area contributed by atoms with Crippen LogP contribution in [-0.4, -0.2) is 28.6 Å². The lowest BCUT2D eigenvalue weighted by Crippen LogP contribution is -2.32. The van der Waals surface area contributed by atoms with Crippen molar-refractivity contribution in [1.82, 2.24) is 4.90 Å². The molecular weight excluding hydrogens is 246 g/mol. The van der Waals surface area contributed by atoms with Crippen molar-refractivity contribution < 1.29 is 9.59 Å². The molecule has 1 unspecified atom stereocenters. The summed E-state index contributed by atoms with van der Waals surface area (Å²) in [4.78, 5) is 24.3. The van der Waals surface area contributed by atoms with Crippen LogP contribution in [0.25, 0.3) is 0 Å². The lowest BCUT2D eigenvalue weighted by Gasteiger charge is -2.13. The summed E-state index contributed by atoms with van der Waals surface area (Å²) in [6.07, 6.45) is 2.89. The van der Waals surface area contributed by atoms with Gasteiger partial charge in [0, 0.05) is 24.7 Å². The second-order valence-corrected chi connectivity index (χ2v) is 4.65. The van der Waals surface area contributed by atoms with Crippen molar-refractivity contribution in [2.45, 2.75) is 32.6 Å². The second-order valence-electron chi connectivity index (χ2n) is 3.85. The molecule has 2 amide bonds. The average molecular weight is 262 g/mol. The standard InChI is InChI=1S/C10H16BrNO2/c1-8-6-10(14)12(7-8)9(13)4-2-3-5-11/h8H,2-7H2,1H3. The summed E-state index contributed by atoms with van der Waals surface area (Å²) >= 11 is 3.31. The summed E-state index contributed by atoms with van der Waals surface area (Å²) in [5.74, 6) is 0.337. The van der Waals surface area contributed by atoms with E-state index < -0.39 is 0 Å². The molecule has 0 N–H and O–H groups in total. The molecule has 0 spiro atoms. The van der Waals surface area contributed by atoms with Crippen molar-refractivity contribution in [2.75, 3.05) is 11.9 Å². The van der Waals surface area contributed by atoms with Gasteiger partial charge in [0.05, 0.1) is 0 Å². The topological polar surface area (TPSA) is 37.4 Å². The van der Waals surface area contributed by atoms with Gasteiger partial charge in [-0.1, -0.05) is 22.9 Å². The highest BCUT2D eigenvalue weighted by Gasteiger charge is 2.30. The first-order chi connectivity index (χ1) is 6.65. The number of carbonyl (C=O) groups excluding carboxylic acids is 2. The summed E-state index contributed by atoms with van der Waals surface area (Å²) in [5.41, 5.74) is 0. The van der Waals surface area contributed by atoms with Gasteiger partial charge < -0.3 is 0 Å². The van der Waals surface area contributed by atoms with E-state index in [9.17, 15) is 9.59 Å². The zero-order chi connectivity index (χ0) is 10.6. The average Bonchev–Trinajstić information content (AvgIpc) is 2.45. The van der Waals surface area contributed by atoms with Gasteiger partial charge in [0.1, 0.15) is 0 Å². The maximum Gasteiger partial charge on any atom is 0.229 e. The number of nitrogens with zero attached hydrogens (tertiary/aromatic N) is 1. The van der Waals surface area contributed by atoms with Gasteiger partial charge >= 0.3 is 0 Å². The Morgan fingerprint density at radius 1 is 1.57 bits per heavy atom. The molecular formula is C10H16BrNO2. The zero-order valence-corrected chi connectivity index (χ0v) is 10.0. The van der Waals surface area contributed by atoms with Gasteiger partial charge in [-0.3, -0.25) is 14.5 Å². The van der Waals surface area contributed by atoms with Crippen LogP contribution in [0.15, 0.2) is 0 Å². The Hall–Kier alpha value is -0.380. The number of halogens is 1. The van der Waals surface area contributed by atoms with Crippen molar-refractivity contribution in [3.8, 4) is 0 Å². The van der Waals surface area contributed by atoms with Crippen LogP contribution < -0.4 is 0 Å². The molecule has 80 valence electrons. The highest BCUT2D eigenvalue weighted by Crippen LogP contribution is 2.18. The van der Waals surface area contributed by atoms with E-state index in [4.69, 9.17) is 0 Å². The quantitative estimate of drug-likeness (QED) is 0.573. The van der Waals surface area contributed by atoms with Crippen LogP contribution in [0.2, 0.25) is 0 Å². The lowest BCUT2D eigenvalue weighted by atomic mass is 10.2. The lowest BCUT2D eigenvalue weighted by molar-refractivity contribution is -0.141. The van der Waals surface area contributed by atoms with E-state index in [-0.39, 0.29) is 11.8 Å². The zero-order valence-electron chi connectivity index (χ0n) is 8.46. The number of unbranched alkanes of at least 4 members (excludes halogenated alkanes) is 1.